The van der Waals surface area contributed by atoms with Crippen molar-refractivity contribution >= 4 is 40.6 Å². The molecule has 0 saturated carbocycles. The van der Waals surface area contributed by atoms with Gasteiger partial charge in [-0.25, -0.2) is 0 Å². The van der Waals surface area contributed by atoms with Crippen LogP contribution in [0.4, 0.5) is 5.69 Å². The molecule has 24 heavy (non-hydrogen) atoms. The van der Waals surface area contributed by atoms with E-state index in [1.54, 1.807) is 16.7 Å². The number of anilines is 1. The van der Waals surface area contributed by atoms with E-state index in [1.165, 1.54) is 11.3 Å². The van der Waals surface area contributed by atoms with Crippen molar-refractivity contribution in [3.8, 4) is 0 Å². The maximum absolute atomic E-state index is 12.8. The van der Waals surface area contributed by atoms with E-state index in [0.29, 0.717) is 17.8 Å². The van der Waals surface area contributed by atoms with Crippen LogP contribution in [0.25, 0.3) is 0 Å². The highest BCUT2D eigenvalue weighted by Crippen LogP contribution is 2.27. The molecule has 1 unspecified atom stereocenters. The number of likely N-dealkylation sites (tertiary alicyclic amines) is 1. The van der Waals surface area contributed by atoms with Crippen molar-refractivity contribution in [2.75, 3.05) is 18.1 Å². The van der Waals surface area contributed by atoms with Crippen molar-refractivity contribution in [1.29, 1.82) is 0 Å². The highest BCUT2D eigenvalue weighted by molar-refractivity contribution is 7.98. The first kappa shape index (κ1) is 17.0. The molecule has 1 aliphatic rings. The van der Waals surface area contributed by atoms with Crippen molar-refractivity contribution in [2.45, 2.75) is 30.2 Å². The lowest BCUT2D eigenvalue weighted by molar-refractivity contribution is -0.121. The van der Waals surface area contributed by atoms with Gasteiger partial charge in [-0.3, -0.25) is 9.59 Å². The van der Waals surface area contributed by atoms with Crippen LogP contribution in [0, 0.1) is 0 Å². The highest BCUT2D eigenvalue weighted by atomic mass is 32.2. The Bertz CT molecular complexity index is 716. The van der Waals surface area contributed by atoms with E-state index >= 15 is 0 Å². The molecule has 1 aromatic carbocycles. The third-order valence-electron chi connectivity index (χ3n) is 4.16. The van der Waals surface area contributed by atoms with Crippen LogP contribution in [0.15, 0.2) is 46.7 Å². The van der Waals surface area contributed by atoms with Crippen LogP contribution in [-0.2, 0) is 4.79 Å². The third kappa shape index (κ3) is 3.65. The summed E-state index contributed by atoms with van der Waals surface area (Å²) in [7, 11) is 0. The zero-order valence-corrected chi connectivity index (χ0v) is 15.2. The van der Waals surface area contributed by atoms with Gasteiger partial charge < -0.3 is 10.2 Å². The number of nitrogens with zero attached hydrogens (tertiary/aromatic N) is 1. The maximum atomic E-state index is 12.8. The minimum atomic E-state index is -0.400. The number of piperidine rings is 1. The molecule has 126 valence electrons. The molecule has 1 atom stereocenters. The second-order valence-corrected chi connectivity index (χ2v) is 7.47. The summed E-state index contributed by atoms with van der Waals surface area (Å²) < 4.78 is 0. The number of hydrogen-bond acceptors (Lipinski definition) is 4. The third-order valence-corrected chi connectivity index (χ3v) is 5.82. The Labute approximate surface area is 150 Å². The van der Waals surface area contributed by atoms with Crippen LogP contribution in [0.5, 0.6) is 0 Å². The van der Waals surface area contributed by atoms with E-state index < -0.39 is 6.04 Å². The van der Waals surface area contributed by atoms with Crippen LogP contribution in [0.1, 0.15) is 28.9 Å². The highest BCUT2D eigenvalue weighted by Gasteiger charge is 2.33. The second-order valence-electron chi connectivity index (χ2n) is 5.68. The normalized spacial score (nSPS) is 17.5. The van der Waals surface area contributed by atoms with Crippen LogP contribution >= 0.6 is 23.1 Å². The molecule has 1 aliphatic heterocycles. The number of rotatable bonds is 4. The van der Waals surface area contributed by atoms with Gasteiger partial charge in [-0.1, -0.05) is 18.2 Å². The average molecular weight is 361 g/mol. The number of thioether (sulfide) groups is 1. The fourth-order valence-electron chi connectivity index (χ4n) is 2.95. The van der Waals surface area contributed by atoms with Crippen LogP contribution in [-0.4, -0.2) is 35.6 Å². The molecule has 4 nitrogen and oxygen atoms in total. The lowest BCUT2D eigenvalue weighted by Gasteiger charge is -2.34. The lowest BCUT2D eigenvalue weighted by atomic mass is 10.0. The van der Waals surface area contributed by atoms with Crippen molar-refractivity contribution in [3.63, 3.8) is 0 Å². The van der Waals surface area contributed by atoms with E-state index in [-0.39, 0.29) is 11.8 Å². The summed E-state index contributed by atoms with van der Waals surface area (Å²) in [6, 6.07) is 11.0. The Kier molecular flexibility index (Phi) is 5.58. The summed E-state index contributed by atoms with van der Waals surface area (Å²) in [5, 5.41) is 4.90. The van der Waals surface area contributed by atoms with Crippen molar-refractivity contribution < 1.29 is 9.59 Å². The van der Waals surface area contributed by atoms with Crippen molar-refractivity contribution in [3.05, 3.63) is 46.7 Å². The molecule has 1 aromatic heterocycles. The number of hydrogen-bond donors (Lipinski definition) is 1. The lowest BCUT2D eigenvalue weighted by Crippen LogP contribution is -2.49. The number of thiophene rings is 1. The summed E-state index contributed by atoms with van der Waals surface area (Å²) in [6.07, 6.45) is 4.61. The molecule has 6 heteroatoms. The Balaban J connectivity index is 1.77. The fraction of sp³-hybridized carbons (Fsp3) is 0.333. The van der Waals surface area contributed by atoms with E-state index in [4.69, 9.17) is 0 Å². The van der Waals surface area contributed by atoms with E-state index in [9.17, 15) is 9.59 Å². The van der Waals surface area contributed by atoms with Gasteiger partial charge in [-0.15, -0.1) is 23.1 Å². The molecule has 0 bridgehead atoms. The first-order valence-corrected chi connectivity index (χ1v) is 10.1. The first-order valence-electron chi connectivity index (χ1n) is 7.99. The topological polar surface area (TPSA) is 49.4 Å². The van der Waals surface area contributed by atoms with Gasteiger partial charge in [0.05, 0.1) is 10.6 Å². The Morgan fingerprint density at radius 3 is 2.79 bits per heavy atom. The smallest absolute Gasteiger partial charge is 0.264 e. The molecule has 1 N–H and O–H groups in total. The van der Waals surface area contributed by atoms with E-state index in [1.807, 2.05) is 48.0 Å². The quantitative estimate of drug-likeness (QED) is 0.835. The molecular weight excluding hydrogens is 340 g/mol. The largest absolute Gasteiger partial charge is 0.326 e. The number of benzene rings is 1. The molecule has 2 aromatic rings. The maximum Gasteiger partial charge on any atom is 0.264 e. The Morgan fingerprint density at radius 2 is 2.04 bits per heavy atom. The van der Waals surface area contributed by atoms with Crippen molar-refractivity contribution in [2.24, 2.45) is 0 Å². The number of carbonyl (C=O) groups excluding carboxylic acids is 2. The van der Waals surface area contributed by atoms with Crippen molar-refractivity contribution in [1.82, 2.24) is 4.90 Å². The number of nitrogens with one attached hydrogen (secondary N) is 1. The number of carbonyl (C=O) groups is 2. The molecule has 2 amide bonds. The van der Waals surface area contributed by atoms with Crippen LogP contribution in [0.3, 0.4) is 0 Å². The molecule has 0 spiro atoms. The summed E-state index contributed by atoms with van der Waals surface area (Å²) in [4.78, 5) is 29.0. The van der Waals surface area contributed by atoms with E-state index in [0.717, 1.165) is 23.4 Å². The second kappa shape index (κ2) is 7.85. The van der Waals surface area contributed by atoms with Gasteiger partial charge in [0.2, 0.25) is 5.91 Å². The van der Waals surface area contributed by atoms with Crippen LogP contribution in [0.2, 0.25) is 0 Å². The predicted molar refractivity (Wildman–Crippen MR) is 99.8 cm³/mol. The van der Waals surface area contributed by atoms with Gasteiger partial charge in [0.25, 0.3) is 5.91 Å². The minimum absolute atomic E-state index is 0.0389. The predicted octanol–water partition coefficient (Wildman–Crippen LogP) is 4.10. The summed E-state index contributed by atoms with van der Waals surface area (Å²) in [5.74, 6) is -0.135. The first-order chi connectivity index (χ1) is 11.7. The molecule has 0 radical (unpaired) electrons. The van der Waals surface area contributed by atoms with Gasteiger partial charge in [0, 0.05) is 11.4 Å². The summed E-state index contributed by atoms with van der Waals surface area (Å²) in [5.41, 5.74) is 0.809. The standard InChI is InChI=1S/C18H20N2O2S2/c1-23-15-9-3-2-7-13(15)19-17(21)14-8-4-5-11-20(14)18(22)16-10-6-12-24-16/h2-3,6-7,9-10,12,14H,4-5,8,11H2,1H3,(H,19,21). The zero-order valence-electron chi connectivity index (χ0n) is 13.5. The molecule has 2 heterocycles. The summed E-state index contributed by atoms with van der Waals surface area (Å²) in [6.45, 7) is 0.638. The number of amides is 2. The molecule has 1 saturated heterocycles. The Morgan fingerprint density at radius 1 is 1.21 bits per heavy atom. The SMILES string of the molecule is CSc1ccccc1NC(=O)C1CCCCN1C(=O)c1cccs1. The fourth-order valence-corrected chi connectivity index (χ4v) is 4.19. The van der Waals surface area contributed by atoms with Gasteiger partial charge in [0.15, 0.2) is 0 Å². The molecular formula is C18H20N2O2S2. The molecule has 1 fully saturated rings. The zero-order chi connectivity index (χ0) is 16.9. The summed E-state index contributed by atoms with van der Waals surface area (Å²) >= 11 is 3.02. The van der Waals surface area contributed by atoms with Crippen LogP contribution < -0.4 is 5.32 Å². The Hall–Kier alpha value is -1.79. The molecule has 3 rings (SSSR count). The van der Waals surface area contributed by atoms with E-state index in [2.05, 4.69) is 5.32 Å². The monoisotopic (exact) mass is 360 g/mol. The minimum Gasteiger partial charge on any atom is -0.326 e. The van der Waals surface area contributed by atoms with Gasteiger partial charge in [-0.05, 0) is 49.1 Å². The molecule has 0 aliphatic carbocycles. The number of para-hydroxylation sites is 1. The van der Waals surface area contributed by atoms with Gasteiger partial charge >= 0.3 is 0 Å². The van der Waals surface area contributed by atoms with Gasteiger partial charge in [-0.2, -0.15) is 0 Å². The average Bonchev–Trinajstić information content (AvgIpc) is 3.16. The van der Waals surface area contributed by atoms with Gasteiger partial charge in [0.1, 0.15) is 6.04 Å².